The molecular formula is C12H20N2O4S. The van der Waals surface area contributed by atoms with Crippen molar-refractivity contribution in [2.45, 2.75) is 19.3 Å². The van der Waals surface area contributed by atoms with E-state index in [0.717, 1.165) is 11.9 Å². The van der Waals surface area contributed by atoms with Gasteiger partial charge in [0.2, 0.25) is 10.0 Å². The molecule has 0 aromatic heterocycles. The van der Waals surface area contributed by atoms with Gasteiger partial charge in [0.1, 0.15) is 0 Å². The molecule has 19 heavy (non-hydrogen) atoms. The zero-order chi connectivity index (χ0) is 14.5. The van der Waals surface area contributed by atoms with Crippen molar-refractivity contribution in [3.05, 3.63) is 24.3 Å². The molecule has 1 atom stereocenters. The SMILES string of the molecule is COC(OC)C(C)Nc1cccc(NS(C)(=O)=O)c1. The third kappa shape index (κ3) is 5.46. The van der Waals surface area contributed by atoms with Gasteiger partial charge in [0, 0.05) is 19.9 Å². The molecule has 0 bridgehead atoms. The lowest BCUT2D eigenvalue weighted by molar-refractivity contribution is -0.109. The highest BCUT2D eigenvalue weighted by Crippen LogP contribution is 2.18. The minimum Gasteiger partial charge on any atom is -0.377 e. The van der Waals surface area contributed by atoms with Crippen molar-refractivity contribution in [2.75, 3.05) is 30.5 Å². The number of hydrogen-bond donors (Lipinski definition) is 2. The van der Waals surface area contributed by atoms with Crippen molar-refractivity contribution in [2.24, 2.45) is 0 Å². The highest BCUT2D eigenvalue weighted by molar-refractivity contribution is 7.92. The molecule has 0 radical (unpaired) electrons. The van der Waals surface area contributed by atoms with E-state index in [1.165, 1.54) is 0 Å². The smallest absolute Gasteiger partial charge is 0.229 e. The molecule has 0 saturated heterocycles. The van der Waals surface area contributed by atoms with Crippen molar-refractivity contribution in [3.63, 3.8) is 0 Å². The molecule has 1 aromatic rings. The number of methoxy groups -OCH3 is 2. The van der Waals surface area contributed by atoms with E-state index in [2.05, 4.69) is 10.0 Å². The molecule has 0 spiro atoms. The summed E-state index contributed by atoms with van der Waals surface area (Å²) in [5.74, 6) is 0. The highest BCUT2D eigenvalue weighted by Gasteiger charge is 2.15. The van der Waals surface area contributed by atoms with Gasteiger partial charge in [-0.05, 0) is 25.1 Å². The first-order chi connectivity index (χ1) is 8.85. The predicted octanol–water partition coefficient (Wildman–Crippen LogP) is 1.48. The van der Waals surface area contributed by atoms with Crippen LogP contribution in [0.4, 0.5) is 11.4 Å². The van der Waals surface area contributed by atoms with Crippen LogP contribution in [0.5, 0.6) is 0 Å². The molecular weight excluding hydrogens is 268 g/mol. The third-order valence-corrected chi connectivity index (χ3v) is 3.04. The van der Waals surface area contributed by atoms with Crippen LogP contribution in [0.25, 0.3) is 0 Å². The molecule has 1 unspecified atom stereocenters. The second kappa shape index (κ2) is 6.74. The maximum absolute atomic E-state index is 11.2. The first-order valence-corrected chi connectivity index (χ1v) is 7.65. The fraction of sp³-hybridized carbons (Fsp3) is 0.500. The number of benzene rings is 1. The van der Waals surface area contributed by atoms with E-state index in [-0.39, 0.29) is 12.3 Å². The fourth-order valence-corrected chi connectivity index (χ4v) is 2.28. The van der Waals surface area contributed by atoms with Crippen LogP contribution in [-0.4, -0.2) is 41.2 Å². The molecule has 0 aliphatic heterocycles. The Morgan fingerprint density at radius 1 is 1.16 bits per heavy atom. The van der Waals surface area contributed by atoms with E-state index in [0.29, 0.717) is 5.69 Å². The van der Waals surface area contributed by atoms with Crippen LogP contribution in [0.1, 0.15) is 6.92 Å². The van der Waals surface area contributed by atoms with E-state index in [9.17, 15) is 8.42 Å². The number of hydrogen-bond acceptors (Lipinski definition) is 5. The zero-order valence-electron chi connectivity index (χ0n) is 11.5. The van der Waals surface area contributed by atoms with Gasteiger partial charge in [-0.15, -0.1) is 0 Å². The Morgan fingerprint density at radius 3 is 2.26 bits per heavy atom. The van der Waals surface area contributed by atoms with Crippen LogP contribution >= 0.6 is 0 Å². The Hall–Kier alpha value is -1.31. The standard InChI is InChI=1S/C12H20N2O4S/c1-9(12(17-2)18-3)13-10-6-5-7-11(8-10)14-19(4,15)16/h5-9,12-14H,1-4H3. The summed E-state index contributed by atoms with van der Waals surface area (Å²) < 4.78 is 35.0. The second-order valence-corrected chi connectivity index (χ2v) is 5.98. The minimum absolute atomic E-state index is 0.0801. The summed E-state index contributed by atoms with van der Waals surface area (Å²) in [5.41, 5.74) is 1.28. The fourth-order valence-electron chi connectivity index (χ4n) is 1.72. The molecule has 2 N–H and O–H groups in total. The van der Waals surface area contributed by atoms with Crippen molar-refractivity contribution >= 4 is 21.4 Å². The van der Waals surface area contributed by atoms with E-state index in [4.69, 9.17) is 9.47 Å². The summed E-state index contributed by atoms with van der Waals surface area (Å²) >= 11 is 0. The molecule has 7 heteroatoms. The zero-order valence-corrected chi connectivity index (χ0v) is 12.3. The summed E-state index contributed by atoms with van der Waals surface area (Å²) in [5, 5.41) is 3.19. The first kappa shape index (κ1) is 15.7. The number of nitrogens with one attached hydrogen (secondary N) is 2. The van der Waals surface area contributed by atoms with Gasteiger partial charge in [0.05, 0.1) is 18.0 Å². The average molecular weight is 288 g/mol. The van der Waals surface area contributed by atoms with Crippen molar-refractivity contribution in [3.8, 4) is 0 Å². The highest BCUT2D eigenvalue weighted by atomic mass is 32.2. The van der Waals surface area contributed by atoms with Gasteiger partial charge in [-0.25, -0.2) is 8.42 Å². The van der Waals surface area contributed by atoms with E-state index >= 15 is 0 Å². The lowest BCUT2D eigenvalue weighted by atomic mass is 10.2. The molecule has 1 rings (SSSR count). The third-order valence-electron chi connectivity index (χ3n) is 2.43. The van der Waals surface area contributed by atoms with Crippen LogP contribution in [-0.2, 0) is 19.5 Å². The molecule has 0 saturated carbocycles. The molecule has 0 aliphatic carbocycles. The van der Waals surface area contributed by atoms with Gasteiger partial charge < -0.3 is 14.8 Å². The van der Waals surface area contributed by atoms with Gasteiger partial charge >= 0.3 is 0 Å². The summed E-state index contributed by atoms with van der Waals surface area (Å²) in [4.78, 5) is 0. The predicted molar refractivity (Wildman–Crippen MR) is 75.8 cm³/mol. The lowest BCUT2D eigenvalue weighted by Gasteiger charge is -2.23. The van der Waals surface area contributed by atoms with Crippen molar-refractivity contribution in [1.29, 1.82) is 0 Å². The quantitative estimate of drug-likeness (QED) is 0.743. The molecule has 6 nitrogen and oxygen atoms in total. The van der Waals surface area contributed by atoms with Gasteiger partial charge in [0.25, 0.3) is 0 Å². The molecule has 1 aromatic carbocycles. The molecule has 0 fully saturated rings. The molecule has 0 heterocycles. The van der Waals surface area contributed by atoms with E-state index < -0.39 is 10.0 Å². The Bertz CT molecular complexity index is 500. The number of rotatable bonds is 7. The minimum atomic E-state index is -3.28. The van der Waals surface area contributed by atoms with Crippen molar-refractivity contribution in [1.82, 2.24) is 0 Å². The Morgan fingerprint density at radius 2 is 1.74 bits per heavy atom. The summed E-state index contributed by atoms with van der Waals surface area (Å²) in [6.07, 6.45) is 0.730. The summed E-state index contributed by atoms with van der Waals surface area (Å²) in [7, 11) is -0.148. The Labute approximate surface area is 114 Å². The lowest BCUT2D eigenvalue weighted by Crippen LogP contribution is -2.33. The second-order valence-electron chi connectivity index (χ2n) is 4.23. The van der Waals surface area contributed by atoms with Crippen molar-refractivity contribution < 1.29 is 17.9 Å². The van der Waals surface area contributed by atoms with Crippen LogP contribution in [0.2, 0.25) is 0 Å². The Kier molecular flexibility index (Phi) is 5.59. The summed E-state index contributed by atoms with van der Waals surface area (Å²) in [6.45, 7) is 1.91. The number of ether oxygens (including phenoxy) is 2. The number of anilines is 2. The topological polar surface area (TPSA) is 76.7 Å². The van der Waals surface area contributed by atoms with Crippen LogP contribution in [0.3, 0.4) is 0 Å². The van der Waals surface area contributed by atoms with Gasteiger partial charge in [-0.1, -0.05) is 6.07 Å². The van der Waals surface area contributed by atoms with Crippen LogP contribution < -0.4 is 10.0 Å². The van der Waals surface area contributed by atoms with Crippen LogP contribution in [0, 0.1) is 0 Å². The largest absolute Gasteiger partial charge is 0.377 e. The monoisotopic (exact) mass is 288 g/mol. The van der Waals surface area contributed by atoms with Gasteiger partial charge in [-0.3, -0.25) is 4.72 Å². The first-order valence-electron chi connectivity index (χ1n) is 5.75. The normalized spacial score (nSPS) is 13.3. The maximum atomic E-state index is 11.2. The van der Waals surface area contributed by atoms with E-state index in [1.807, 2.05) is 13.0 Å². The molecule has 108 valence electrons. The van der Waals surface area contributed by atoms with Gasteiger partial charge in [0.15, 0.2) is 6.29 Å². The van der Waals surface area contributed by atoms with Gasteiger partial charge in [-0.2, -0.15) is 0 Å². The van der Waals surface area contributed by atoms with E-state index in [1.54, 1.807) is 32.4 Å². The summed E-state index contributed by atoms with van der Waals surface area (Å²) in [6, 6.07) is 6.91. The molecule has 0 amide bonds. The molecule has 0 aliphatic rings. The van der Waals surface area contributed by atoms with Crippen LogP contribution in [0.15, 0.2) is 24.3 Å². The Balaban J connectivity index is 2.77. The average Bonchev–Trinajstić information content (AvgIpc) is 2.28. The number of sulfonamides is 1. The maximum Gasteiger partial charge on any atom is 0.229 e.